The number of rotatable bonds is 7. The summed E-state index contributed by atoms with van der Waals surface area (Å²) in [5.74, 6) is -0.387. The van der Waals surface area contributed by atoms with Gasteiger partial charge in [0.1, 0.15) is 0 Å². The highest BCUT2D eigenvalue weighted by atomic mass is 79.9. The van der Waals surface area contributed by atoms with Crippen molar-refractivity contribution in [2.75, 3.05) is 10.6 Å². The maximum absolute atomic E-state index is 12.3. The lowest BCUT2D eigenvalue weighted by Crippen LogP contribution is -2.29. The Kier molecular flexibility index (Phi) is 7.25. The second kappa shape index (κ2) is 9.89. The van der Waals surface area contributed by atoms with E-state index in [2.05, 4.69) is 26.5 Å². The quantitative estimate of drug-likeness (QED) is 0.384. The first-order valence-corrected chi connectivity index (χ1v) is 12.1. The first kappa shape index (κ1) is 22.7. The van der Waals surface area contributed by atoms with Crippen molar-refractivity contribution in [2.24, 2.45) is 5.10 Å². The Hall–Kier alpha value is -2.97. The van der Waals surface area contributed by atoms with Gasteiger partial charge in [0, 0.05) is 10.0 Å². The van der Waals surface area contributed by atoms with E-state index < -0.39 is 10.0 Å². The molecule has 1 amide bonds. The number of hydrogen-bond donors (Lipinski definition) is 1. The highest BCUT2D eigenvalue weighted by Gasteiger charge is 2.18. The molecule has 0 spiro atoms. The van der Waals surface area contributed by atoms with E-state index in [1.807, 2.05) is 55.5 Å². The summed E-state index contributed by atoms with van der Waals surface area (Å²) >= 11 is 3.38. The van der Waals surface area contributed by atoms with Crippen LogP contribution in [0.5, 0.6) is 0 Å². The Balaban J connectivity index is 1.71. The van der Waals surface area contributed by atoms with Crippen LogP contribution in [0.15, 0.2) is 82.4 Å². The molecule has 31 heavy (non-hydrogen) atoms. The molecule has 0 heterocycles. The molecule has 0 bridgehead atoms. The first-order valence-electron chi connectivity index (χ1n) is 9.45. The zero-order valence-corrected chi connectivity index (χ0v) is 19.5. The van der Waals surface area contributed by atoms with Crippen molar-refractivity contribution in [2.45, 2.75) is 13.5 Å². The number of hydrogen-bond acceptors (Lipinski definition) is 4. The van der Waals surface area contributed by atoms with E-state index in [1.165, 1.54) is 10.6 Å². The molecule has 1 N–H and O–H groups in total. The number of anilines is 1. The van der Waals surface area contributed by atoms with Gasteiger partial charge in [0.2, 0.25) is 10.0 Å². The Labute approximate surface area is 190 Å². The highest BCUT2D eigenvalue weighted by Crippen LogP contribution is 2.21. The largest absolute Gasteiger partial charge is 0.271 e. The number of nitrogens with one attached hydrogen (secondary N) is 1. The normalized spacial score (nSPS) is 11.5. The number of nitrogens with zero attached hydrogens (tertiary/aromatic N) is 2. The van der Waals surface area contributed by atoms with Gasteiger partial charge >= 0.3 is 0 Å². The summed E-state index contributed by atoms with van der Waals surface area (Å²) in [7, 11) is -3.50. The van der Waals surface area contributed by atoms with E-state index in [9.17, 15) is 13.2 Å². The third-order valence-corrected chi connectivity index (χ3v) is 6.13. The van der Waals surface area contributed by atoms with Crippen LogP contribution in [-0.2, 0) is 16.6 Å². The Morgan fingerprint density at radius 1 is 1.06 bits per heavy atom. The van der Waals surface area contributed by atoms with E-state index in [1.54, 1.807) is 30.5 Å². The molecule has 0 unspecified atom stereocenters. The molecule has 0 fully saturated rings. The van der Waals surface area contributed by atoms with Crippen molar-refractivity contribution in [3.05, 3.63) is 99.5 Å². The van der Waals surface area contributed by atoms with Gasteiger partial charge in [-0.3, -0.25) is 9.10 Å². The van der Waals surface area contributed by atoms with E-state index in [4.69, 9.17) is 0 Å². The van der Waals surface area contributed by atoms with Crippen LogP contribution in [0, 0.1) is 6.92 Å². The third kappa shape index (κ3) is 6.50. The number of carbonyl (C=O) groups is 1. The predicted octanol–water partition coefficient (Wildman–Crippen LogP) is 4.49. The Morgan fingerprint density at radius 3 is 2.35 bits per heavy atom. The summed E-state index contributed by atoms with van der Waals surface area (Å²) in [6.07, 6.45) is 2.71. The maximum atomic E-state index is 12.3. The van der Waals surface area contributed by atoms with Crippen LogP contribution in [0.3, 0.4) is 0 Å². The molecule has 8 heteroatoms. The lowest BCUT2D eigenvalue weighted by Gasteiger charge is -2.22. The topological polar surface area (TPSA) is 78.8 Å². The molecule has 3 rings (SSSR count). The van der Waals surface area contributed by atoms with Crippen LogP contribution in [0.4, 0.5) is 5.69 Å². The summed E-state index contributed by atoms with van der Waals surface area (Å²) in [4.78, 5) is 12.3. The number of halogens is 1. The van der Waals surface area contributed by atoms with Crippen molar-refractivity contribution >= 4 is 43.8 Å². The van der Waals surface area contributed by atoms with E-state index in [0.29, 0.717) is 11.3 Å². The summed E-state index contributed by atoms with van der Waals surface area (Å²) in [6.45, 7) is 2.19. The second-order valence-corrected chi connectivity index (χ2v) is 9.88. The summed E-state index contributed by atoms with van der Waals surface area (Å²) in [5.41, 5.74) is 6.15. The summed E-state index contributed by atoms with van der Waals surface area (Å²) < 4.78 is 26.9. The SMILES string of the molecule is Cc1ccc(CN(c2ccc(C(=O)N/N=C\c3cccc(Br)c3)cc2)S(C)(=O)=O)cc1. The van der Waals surface area contributed by atoms with Crippen LogP contribution in [0.2, 0.25) is 0 Å². The van der Waals surface area contributed by atoms with Crippen molar-refractivity contribution in [3.8, 4) is 0 Å². The lowest BCUT2D eigenvalue weighted by atomic mass is 10.1. The van der Waals surface area contributed by atoms with E-state index >= 15 is 0 Å². The molecule has 3 aromatic rings. The van der Waals surface area contributed by atoms with Gasteiger partial charge in [-0.25, -0.2) is 13.8 Å². The van der Waals surface area contributed by atoms with Gasteiger partial charge < -0.3 is 0 Å². The number of benzene rings is 3. The van der Waals surface area contributed by atoms with Gasteiger partial charge in [0.25, 0.3) is 5.91 Å². The van der Waals surface area contributed by atoms with E-state index in [0.717, 1.165) is 21.2 Å². The van der Waals surface area contributed by atoms with Gasteiger partial charge in [-0.15, -0.1) is 0 Å². The minimum atomic E-state index is -3.50. The predicted molar refractivity (Wildman–Crippen MR) is 128 cm³/mol. The Morgan fingerprint density at radius 2 is 1.74 bits per heavy atom. The molecule has 0 aliphatic carbocycles. The molecule has 0 aliphatic rings. The van der Waals surface area contributed by atoms with Gasteiger partial charge in [0.05, 0.1) is 24.7 Å². The lowest BCUT2D eigenvalue weighted by molar-refractivity contribution is 0.0955. The Bertz CT molecular complexity index is 1190. The number of aryl methyl sites for hydroxylation is 1. The molecular weight excluding hydrogens is 478 g/mol. The summed E-state index contributed by atoms with van der Waals surface area (Å²) in [5, 5.41) is 3.97. The van der Waals surface area contributed by atoms with Crippen molar-refractivity contribution < 1.29 is 13.2 Å². The van der Waals surface area contributed by atoms with Crippen molar-refractivity contribution in [3.63, 3.8) is 0 Å². The average molecular weight is 500 g/mol. The van der Waals surface area contributed by atoms with Crippen molar-refractivity contribution in [1.29, 1.82) is 0 Å². The molecule has 6 nitrogen and oxygen atoms in total. The highest BCUT2D eigenvalue weighted by molar-refractivity contribution is 9.10. The molecule has 0 aromatic heterocycles. The number of amides is 1. The fraction of sp³-hybridized carbons (Fsp3) is 0.130. The number of sulfonamides is 1. The fourth-order valence-corrected chi connectivity index (χ4v) is 4.16. The van der Waals surface area contributed by atoms with E-state index in [-0.39, 0.29) is 12.5 Å². The zero-order valence-electron chi connectivity index (χ0n) is 17.1. The smallest absolute Gasteiger partial charge is 0.267 e. The standard InChI is InChI=1S/C23H22BrN3O3S/c1-17-6-8-18(9-7-17)16-27(31(2,29)30)22-12-10-20(11-13-22)23(28)26-25-15-19-4-3-5-21(24)14-19/h3-15H,16H2,1-2H3,(H,26,28)/b25-15-. The minimum Gasteiger partial charge on any atom is -0.267 e. The maximum Gasteiger partial charge on any atom is 0.271 e. The van der Waals surface area contributed by atoms with Crippen LogP contribution < -0.4 is 9.73 Å². The molecule has 3 aromatic carbocycles. The monoisotopic (exact) mass is 499 g/mol. The molecule has 0 saturated heterocycles. The third-order valence-electron chi connectivity index (χ3n) is 4.49. The first-order chi connectivity index (χ1) is 14.7. The summed E-state index contributed by atoms with van der Waals surface area (Å²) in [6, 6.07) is 21.6. The van der Waals surface area contributed by atoms with Gasteiger partial charge in [0.15, 0.2) is 0 Å². The van der Waals surface area contributed by atoms with Crippen LogP contribution in [-0.4, -0.2) is 26.8 Å². The van der Waals surface area contributed by atoms with Gasteiger partial charge in [-0.1, -0.05) is 57.9 Å². The number of carbonyl (C=O) groups excluding carboxylic acids is 1. The molecular formula is C23H22BrN3O3S. The van der Waals surface area contributed by atoms with Crippen LogP contribution in [0.1, 0.15) is 27.0 Å². The number of hydrazone groups is 1. The fourth-order valence-electron chi connectivity index (χ4n) is 2.86. The van der Waals surface area contributed by atoms with Crippen molar-refractivity contribution in [1.82, 2.24) is 5.43 Å². The minimum absolute atomic E-state index is 0.210. The average Bonchev–Trinajstić information content (AvgIpc) is 2.72. The molecule has 160 valence electrons. The van der Waals surface area contributed by atoms with Crippen LogP contribution in [0.25, 0.3) is 0 Å². The molecule has 0 saturated carbocycles. The molecule has 0 aliphatic heterocycles. The second-order valence-electron chi connectivity index (χ2n) is 7.06. The van der Waals surface area contributed by atoms with Gasteiger partial charge in [-0.2, -0.15) is 5.10 Å². The van der Waals surface area contributed by atoms with Crippen LogP contribution >= 0.6 is 15.9 Å². The zero-order chi connectivity index (χ0) is 22.4. The van der Waals surface area contributed by atoms with Gasteiger partial charge in [-0.05, 0) is 54.4 Å². The molecule has 0 atom stereocenters. The molecule has 0 radical (unpaired) electrons.